The normalized spacial score (nSPS) is 12.2. The van der Waals surface area contributed by atoms with Crippen LogP contribution in [0.2, 0.25) is 0 Å². The third kappa shape index (κ3) is 3.44. The Morgan fingerprint density at radius 1 is 1.56 bits per heavy atom. The van der Waals surface area contributed by atoms with E-state index in [1.807, 2.05) is 0 Å². The third-order valence-corrected chi connectivity index (χ3v) is 2.21. The highest BCUT2D eigenvalue weighted by atomic mass is 79.9. The number of aliphatic carboxylic acids is 1. The quantitative estimate of drug-likeness (QED) is 0.869. The second-order valence-corrected chi connectivity index (χ2v) is 4.14. The standard InChI is InChI=1S/C10H9BrF2O3/c1-5(2-9(14)15)16-8-4-6(11)3-7(12)10(8)13/h3-5H,2H2,1H3,(H,14,15)/t5-/m1/s1. The summed E-state index contributed by atoms with van der Waals surface area (Å²) in [5.74, 6) is -3.55. The first-order valence-corrected chi connectivity index (χ1v) is 5.22. The molecule has 0 spiro atoms. The van der Waals surface area contributed by atoms with Crippen LogP contribution < -0.4 is 4.74 Å². The Labute approximate surface area is 99.2 Å². The molecule has 0 saturated heterocycles. The first-order valence-electron chi connectivity index (χ1n) is 4.43. The molecule has 0 radical (unpaired) electrons. The molecule has 0 bridgehead atoms. The fourth-order valence-electron chi connectivity index (χ4n) is 1.12. The second kappa shape index (κ2) is 5.25. The SMILES string of the molecule is C[C@H](CC(=O)O)Oc1cc(Br)cc(F)c1F. The molecule has 88 valence electrons. The maximum atomic E-state index is 13.2. The van der Waals surface area contributed by atoms with E-state index >= 15 is 0 Å². The summed E-state index contributed by atoms with van der Waals surface area (Å²) in [5, 5.41) is 8.48. The Balaban J connectivity index is 2.84. The largest absolute Gasteiger partial charge is 0.487 e. The van der Waals surface area contributed by atoms with Crippen LogP contribution in [0, 0.1) is 11.6 Å². The molecular weight excluding hydrogens is 286 g/mol. The number of ether oxygens (including phenoxy) is 1. The van der Waals surface area contributed by atoms with Gasteiger partial charge in [-0.05, 0) is 19.1 Å². The lowest BCUT2D eigenvalue weighted by Crippen LogP contribution is -2.17. The number of hydrogen-bond donors (Lipinski definition) is 1. The summed E-state index contributed by atoms with van der Waals surface area (Å²) < 4.78 is 31.5. The molecule has 1 aromatic rings. The number of halogens is 3. The van der Waals surface area contributed by atoms with Crippen LogP contribution in [0.1, 0.15) is 13.3 Å². The van der Waals surface area contributed by atoms with Gasteiger partial charge in [0.1, 0.15) is 6.10 Å². The first-order chi connectivity index (χ1) is 7.40. The van der Waals surface area contributed by atoms with E-state index in [-0.39, 0.29) is 12.2 Å². The van der Waals surface area contributed by atoms with Crippen LogP contribution in [0.3, 0.4) is 0 Å². The number of carbonyl (C=O) groups is 1. The highest BCUT2D eigenvalue weighted by Crippen LogP contribution is 2.26. The molecule has 1 atom stereocenters. The van der Waals surface area contributed by atoms with Gasteiger partial charge in [0.25, 0.3) is 0 Å². The molecule has 1 rings (SSSR count). The minimum atomic E-state index is -1.12. The van der Waals surface area contributed by atoms with Gasteiger partial charge in [-0.25, -0.2) is 4.39 Å². The zero-order chi connectivity index (χ0) is 12.3. The predicted molar refractivity (Wildman–Crippen MR) is 56.4 cm³/mol. The molecule has 1 aromatic carbocycles. The highest BCUT2D eigenvalue weighted by Gasteiger charge is 2.15. The maximum absolute atomic E-state index is 13.2. The van der Waals surface area contributed by atoms with Crippen LogP contribution >= 0.6 is 15.9 Å². The van der Waals surface area contributed by atoms with E-state index in [4.69, 9.17) is 9.84 Å². The average Bonchev–Trinajstić information content (AvgIpc) is 2.11. The average molecular weight is 295 g/mol. The number of rotatable bonds is 4. The van der Waals surface area contributed by atoms with E-state index in [9.17, 15) is 13.6 Å². The summed E-state index contributed by atoms with van der Waals surface area (Å²) in [7, 11) is 0. The van der Waals surface area contributed by atoms with Gasteiger partial charge in [-0.3, -0.25) is 4.79 Å². The van der Waals surface area contributed by atoms with Crippen molar-refractivity contribution in [1.29, 1.82) is 0 Å². The Kier molecular flexibility index (Phi) is 4.23. The minimum absolute atomic E-state index is 0.284. The van der Waals surface area contributed by atoms with Crippen LogP contribution in [0.5, 0.6) is 5.75 Å². The van der Waals surface area contributed by atoms with Crippen LogP contribution in [0.25, 0.3) is 0 Å². The molecule has 3 nitrogen and oxygen atoms in total. The van der Waals surface area contributed by atoms with E-state index in [2.05, 4.69) is 15.9 Å². The lowest BCUT2D eigenvalue weighted by atomic mass is 10.2. The van der Waals surface area contributed by atoms with Crippen molar-refractivity contribution < 1.29 is 23.4 Å². The van der Waals surface area contributed by atoms with Crippen molar-refractivity contribution in [2.45, 2.75) is 19.4 Å². The molecule has 0 saturated carbocycles. The van der Waals surface area contributed by atoms with E-state index in [1.165, 1.54) is 13.0 Å². The molecule has 0 aromatic heterocycles. The molecule has 0 fully saturated rings. The van der Waals surface area contributed by atoms with E-state index in [1.54, 1.807) is 0 Å². The molecule has 6 heteroatoms. The van der Waals surface area contributed by atoms with Gasteiger partial charge in [-0.15, -0.1) is 0 Å². The van der Waals surface area contributed by atoms with Crippen molar-refractivity contribution in [2.24, 2.45) is 0 Å². The highest BCUT2D eigenvalue weighted by molar-refractivity contribution is 9.10. The summed E-state index contributed by atoms with van der Waals surface area (Å²) in [6.45, 7) is 1.46. The van der Waals surface area contributed by atoms with Crippen molar-refractivity contribution in [3.05, 3.63) is 28.2 Å². The van der Waals surface area contributed by atoms with Gasteiger partial charge in [-0.1, -0.05) is 15.9 Å². The summed E-state index contributed by atoms with van der Waals surface area (Å²) in [6, 6.07) is 2.21. The zero-order valence-corrected chi connectivity index (χ0v) is 9.92. The van der Waals surface area contributed by atoms with Gasteiger partial charge in [-0.2, -0.15) is 4.39 Å². The molecule has 0 unspecified atom stereocenters. The number of carboxylic acid groups (broad SMARTS) is 1. The van der Waals surface area contributed by atoms with Crippen LogP contribution in [-0.4, -0.2) is 17.2 Å². The van der Waals surface area contributed by atoms with Gasteiger partial charge < -0.3 is 9.84 Å². The monoisotopic (exact) mass is 294 g/mol. The molecule has 1 N–H and O–H groups in total. The fourth-order valence-corrected chi connectivity index (χ4v) is 1.53. The Morgan fingerprint density at radius 3 is 2.75 bits per heavy atom. The van der Waals surface area contributed by atoms with Crippen molar-refractivity contribution in [2.75, 3.05) is 0 Å². The van der Waals surface area contributed by atoms with Crippen LogP contribution in [0.15, 0.2) is 16.6 Å². The van der Waals surface area contributed by atoms with Crippen LogP contribution in [0.4, 0.5) is 8.78 Å². The zero-order valence-electron chi connectivity index (χ0n) is 8.34. The van der Waals surface area contributed by atoms with Crippen molar-refractivity contribution >= 4 is 21.9 Å². The first kappa shape index (κ1) is 12.9. The Morgan fingerprint density at radius 2 is 2.19 bits per heavy atom. The predicted octanol–water partition coefficient (Wildman–Crippen LogP) is 2.97. The second-order valence-electron chi connectivity index (χ2n) is 3.23. The van der Waals surface area contributed by atoms with Crippen LogP contribution in [-0.2, 0) is 4.79 Å². The molecular formula is C10H9BrF2O3. The summed E-state index contributed by atoms with van der Waals surface area (Å²) in [4.78, 5) is 10.4. The molecule has 0 amide bonds. The fraction of sp³-hybridized carbons (Fsp3) is 0.300. The van der Waals surface area contributed by atoms with Crippen molar-refractivity contribution in [1.82, 2.24) is 0 Å². The Bertz CT molecular complexity index is 409. The molecule has 16 heavy (non-hydrogen) atoms. The number of benzene rings is 1. The van der Waals surface area contributed by atoms with Crippen molar-refractivity contribution in [3.63, 3.8) is 0 Å². The van der Waals surface area contributed by atoms with Crippen molar-refractivity contribution in [3.8, 4) is 5.75 Å². The van der Waals surface area contributed by atoms with E-state index < -0.39 is 23.7 Å². The Hall–Kier alpha value is -1.17. The molecule has 0 heterocycles. The van der Waals surface area contributed by atoms with E-state index in [0.29, 0.717) is 4.47 Å². The van der Waals surface area contributed by atoms with Gasteiger partial charge in [0.2, 0.25) is 5.82 Å². The molecule has 0 aliphatic heterocycles. The lowest BCUT2D eigenvalue weighted by Gasteiger charge is -2.13. The molecule has 0 aliphatic rings. The smallest absolute Gasteiger partial charge is 0.307 e. The topological polar surface area (TPSA) is 46.5 Å². The van der Waals surface area contributed by atoms with Gasteiger partial charge >= 0.3 is 5.97 Å². The lowest BCUT2D eigenvalue weighted by molar-refractivity contribution is -0.138. The van der Waals surface area contributed by atoms with Gasteiger partial charge in [0.15, 0.2) is 11.6 Å². The van der Waals surface area contributed by atoms with E-state index in [0.717, 1.165) is 6.07 Å². The van der Waals surface area contributed by atoms with Gasteiger partial charge in [0, 0.05) is 4.47 Å². The van der Waals surface area contributed by atoms with Gasteiger partial charge in [0.05, 0.1) is 6.42 Å². The maximum Gasteiger partial charge on any atom is 0.307 e. The number of carboxylic acids is 1. The summed E-state index contributed by atoms with van der Waals surface area (Å²) in [6.07, 6.45) is -1.02. The summed E-state index contributed by atoms with van der Waals surface area (Å²) >= 11 is 2.98. The summed E-state index contributed by atoms with van der Waals surface area (Å²) in [5.41, 5.74) is 0. The minimum Gasteiger partial charge on any atom is -0.487 e. The number of hydrogen-bond acceptors (Lipinski definition) is 2. The molecule has 0 aliphatic carbocycles. The third-order valence-electron chi connectivity index (χ3n) is 1.75.